The Labute approximate surface area is 247 Å². The van der Waals surface area contributed by atoms with Crippen LogP contribution in [0.1, 0.15) is 39.5 Å². The molecule has 0 spiro atoms. The number of hydrogen-bond acceptors (Lipinski definition) is 1. The Morgan fingerprint density at radius 1 is 0.690 bits per heavy atom. The fourth-order valence-corrected chi connectivity index (χ4v) is 6.59. The molecule has 208 valence electrons. The summed E-state index contributed by atoms with van der Waals surface area (Å²) in [4.78, 5) is 9.08. The van der Waals surface area contributed by atoms with Crippen LogP contribution in [0.3, 0.4) is 0 Å². The van der Waals surface area contributed by atoms with Crippen LogP contribution in [0.5, 0.6) is 0 Å². The molecule has 0 radical (unpaired) electrons. The number of aromatic nitrogens is 3. The van der Waals surface area contributed by atoms with Gasteiger partial charge in [-0.3, -0.25) is 0 Å². The molecular formula is C39H37N3. The molecule has 3 heteroatoms. The summed E-state index contributed by atoms with van der Waals surface area (Å²) in [5, 5.41) is 5.11. The summed E-state index contributed by atoms with van der Waals surface area (Å²) < 4.78 is 2.60. The Kier molecular flexibility index (Phi) is 7.09. The van der Waals surface area contributed by atoms with E-state index < -0.39 is 0 Å². The summed E-state index contributed by atoms with van der Waals surface area (Å²) in [7, 11) is 0. The lowest BCUT2D eigenvalue weighted by molar-refractivity contribution is 0.401. The molecule has 7 aromatic rings. The monoisotopic (exact) mass is 547 g/mol. The molecule has 3 nitrogen and oxygen atoms in total. The van der Waals surface area contributed by atoms with E-state index in [0.717, 1.165) is 40.4 Å². The lowest BCUT2D eigenvalue weighted by atomic mass is 9.98. The number of rotatable bonds is 9. The van der Waals surface area contributed by atoms with Crippen molar-refractivity contribution in [2.24, 2.45) is 5.92 Å². The van der Waals surface area contributed by atoms with Gasteiger partial charge in [0.1, 0.15) is 5.82 Å². The molecule has 5 aromatic carbocycles. The van der Waals surface area contributed by atoms with E-state index in [-0.39, 0.29) is 0 Å². The van der Waals surface area contributed by atoms with Gasteiger partial charge in [-0.2, -0.15) is 0 Å². The van der Waals surface area contributed by atoms with E-state index in [0.29, 0.717) is 5.92 Å². The molecule has 0 amide bonds. The Bertz CT molecular complexity index is 1920. The third-order valence-electron chi connectivity index (χ3n) is 8.82. The second-order valence-electron chi connectivity index (χ2n) is 11.5. The van der Waals surface area contributed by atoms with Crippen molar-refractivity contribution in [1.82, 2.24) is 14.5 Å². The molecule has 7 rings (SSSR count). The molecule has 1 atom stereocenters. The number of nitrogens with zero attached hydrogens (tertiary/aromatic N) is 2. The molecule has 0 aliphatic carbocycles. The highest BCUT2D eigenvalue weighted by atomic mass is 15.0. The van der Waals surface area contributed by atoms with Crippen LogP contribution in [-0.2, 0) is 6.54 Å². The predicted octanol–water partition coefficient (Wildman–Crippen LogP) is 10.9. The molecule has 0 saturated carbocycles. The second kappa shape index (κ2) is 11.3. The molecule has 0 aliphatic heterocycles. The van der Waals surface area contributed by atoms with E-state index in [1.807, 2.05) is 0 Å². The minimum Gasteiger partial charge on any atom is -0.340 e. The van der Waals surface area contributed by atoms with Crippen molar-refractivity contribution in [2.45, 2.75) is 46.1 Å². The van der Waals surface area contributed by atoms with Crippen LogP contribution in [0, 0.1) is 5.92 Å². The van der Waals surface area contributed by atoms with Crippen LogP contribution >= 0.6 is 0 Å². The maximum absolute atomic E-state index is 5.30. The van der Waals surface area contributed by atoms with Crippen LogP contribution in [0.4, 0.5) is 0 Å². The van der Waals surface area contributed by atoms with Gasteiger partial charge in [0.15, 0.2) is 0 Å². The zero-order chi connectivity index (χ0) is 28.5. The molecule has 42 heavy (non-hydrogen) atoms. The van der Waals surface area contributed by atoms with Gasteiger partial charge in [0.25, 0.3) is 0 Å². The van der Waals surface area contributed by atoms with Crippen molar-refractivity contribution in [2.75, 3.05) is 0 Å². The minimum absolute atomic E-state index is 0.661. The van der Waals surface area contributed by atoms with Gasteiger partial charge in [0.2, 0.25) is 0 Å². The van der Waals surface area contributed by atoms with Gasteiger partial charge in [-0.15, -0.1) is 0 Å². The highest BCUT2D eigenvalue weighted by Gasteiger charge is 2.21. The Morgan fingerprint density at radius 2 is 1.33 bits per heavy atom. The molecule has 2 aromatic heterocycles. The number of imidazole rings is 1. The second-order valence-corrected chi connectivity index (χ2v) is 11.5. The summed E-state index contributed by atoms with van der Waals surface area (Å²) in [5.74, 6) is 1.56. The zero-order valence-electron chi connectivity index (χ0n) is 24.5. The van der Waals surface area contributed by atoms with E-state index in [9.17, 15) is 0 Å². The number of benzene rings is 5. The summed E-state index contributed by atoms with van der Waals surface area (Å²) in [6, 6.07) is 41.2. The number of H-pyrrole nitrogens is 1. The number of fused-ring (bicyclic) bond motifs is 5. The molecule has 0 aliphatic rings. The molecular weight excluding hydrogens is 510 g/mol. The van der Waals surface area contributed by atoms with Gasteiger partial charge in [-0.1, -0.05) is 136 Å². The first-order valence-electron chi connectivity index (χ1n) is 15.4. The first kappa shape index (κ1) is 26.3. The van der Waals surface area contributed by atoms with E-state index in [2.05, 4.69) is 139 Å². The Balaban J connectivity index is 1.49. The quantitative estimate of drug-likeness (QED) is 0.192. The van der Waals surface area contributed by atoms with Crippen LogP contribution in [0.25, 0.3) is 66.5 Å². The normalized spacial score (nSPS) is 12.4. The Hall–Kier alpha value is -4.63. The zero-order valence-corrected chi connectivity index (χ0v) is 24.5. The van der Waals surface area contributed by atoms with Crippen LogP contribution in [0.2, 0.25) is 0 Å². The number of nitrogens with one attached hydrogen (secondary N) is 1. The van der Waals surface area contributed by atoms with Crippen molar-refractivity contribution in [3.8, 4) is 33.9 Å². The largest absolute Gasteiger partial charge is 0.340 e. The van der Waals surface area contributed by atoms with Crippen LogP contribution in [-0.4, -0.2) is 14.5 Å². The number of aromatic amines is 1. The number of hydrogen-bond donors (Lipinski definition) is 1. The highest BCUT2D eigenvalue weighted by Crippen LogP contribution is 2.41. The SMILES string of the molecule is CCCCC(CC)Cn1c2ccccc2c2cc(-c3nc(-c4ccccc4)c(-c4ccccc4)[nH]3)c3ccccc3c21. The molecule has 1 unspecified atom stereocenters. The third-order valence-corrected chi connectivity index (χ3v) is 8.82. The van der Waals surface area contributed by atoms with Crippen LogP contribution in [0.15, 0.2) is 115 Å². The number of para-hydroxylation sites is 1. The highest BCUT2D eigenvalue weighted by molar-refractivity contribution is 6.21. The van der Waals surface area contributed by atoms with E-state index in [1.165, 1.54) is 58.3 Å². The van der Waals surface area contributed by atoms with Crippen molar-refractivity contribution in [1.29, 1.82) is 0 Å². The summed E-state index contributed by atoms with van der Waals surface area (Å²) in [6.45, 7) is 5.68. The minimum atomic E-state index is 0.661. The van der Waals surface area contributed by atoms with Crippen LogP contribution < -0.4 is 0 Å². The average Bonchev–Trinajstić information content (AvgIpc) is 3.64. The summed E-state index contributed by atoms with van der Waals surface area (Å²) >= 11 is 0. The van der Waals surface area contributed by atoms with E-state index in [1.54, 1.807) is 0 Å². The Morgan fingerprint density at radius 3 is 2.05 bits per heavy atom. The standard InChI is InChI=1S/C39H37N3/c1-3-5-16-27(4-2)26-42-35-24-15-14-22-31(35)33-25-34(30-21-12-13-23-32(30)38(33)42)39-40-36(28-17-8-6-9-18-28)37(41-39)29-19-10-7-11-20-29/h6-15,17-25,27H,3-5,16,26H2,1-2H3,(H,40,41). The fourth-order valence-electron chi connectivity index (χ4n) is 6.59. The average molecular weight is 548 g/mol. The van der Waals surface area contributed by atoms with Gasteiger partial charge in [-0.05, 0) is 29.9 Å². The lowest BCUT2D eigenvalue weighted by Gasteiger charge is -2.18. The van der Waals surface area contributed by atoms with E-state index >= 15 is 0 Å². The topological polar surface area (TPSA) is 33.6 Å². The molecule has 0 saturated heterocycles. The van der Waals surface area contributed by atoms with Gasteiger partial charge in [-0.25, -0.2) is 4.98 Å². The van der Waals surface area contributed by atoms with Gasteiger partial charge in [0, 0.05) is 44.9 Å². The molecule has 1 N–H and O–H groups in total. The van der Waals surface area contributed by atoms with Crippen molar-refractivity contribution < 1.29 is 0 Å². The van der Waals surface area contributed by atoms with Gasteiger partial charge < -0.3 is 9.55 Å². The first-order chi connectivity index (χ1) is 20.8. The number of unbranched alkanes of at least 4 members (excludes halogenated alkanes) is 1. The lowest BCUT2D eigenvalue weighted by Crippen LogP contribution is -2.10. The predicted molar refractivity (Wildman–Crippen MR) is 179 cm³/mol. The summed E-state index contributed by atoms with van der Waals surface area (Å²) in [5.41, 5.74) is 8.06. The summed E-state index contributed by atoms with van der Waals surface area (Å²) in [6.07, 6.45) is 5.00. The molecule has 0 fully saturated rings. The van der Waals surface area contributed by atoms with E-state index in [4.69, 9.17) is 4.98 Å². The smallest absolute Gasteiger partial charge is 0.139 e. The first-order valence-corrected chi connectivity index (χ1v) is 15.4. The van der Waals surface area contributed by atoms with Gasteiger partial charge in [0.05, 0.1) is 16.9 Å². The third kappa shape index (κ3) is 4.59. The van der Waals surface area contributed by atoms with Crippen molar-refractivity contribution >= 4 is 32.6 Å². The fraction of sp³-hybridized carbons (Fsp3) is 0.205. The maximum atomic E-state index is 5.30. The maximum Gasteiger partial charge on any atom is 0.139 e. The van der Waals surface area contributed by atoms with Crippen molar-refractivity contribution in [3.05, 3.63) is 115 Å². The van der Waals surface area contributed by atoms with Gasteiger partial charge >= 0.3 is 0 Å². The molecule has 0 bridgehead atoms. The molecule has 2 heterocycles. The van der Waals surface area contributed by atoms with Crippen molar-refractivity contribution in [3.63, 3.8) is 0 Å².